The lowest BCUT2D eigenvalue weighted by atomic mass is 9.93. The molecule has 0 spiro atoms. The zero-order chi connectivity index (χ0) is 16.9. The van der Waals surface area contributed by atoms with Crippen LogP contribution in [0, 0.1) is 0 Å². The van der Waals surface area contributed by atoms with Crippen LogP contribution in [0.15, 0.2) is 48.8 Å². The molecule has 1 aromatic heterocycles. The van der Waals surface area contributed by atoms with Gasteiger partial charge in [-0.1, -0.05) is 31.2 Å². The number of hydrogen-bond donors (Lipinski definition) is 2. The second-order valence-electron chi connectivity index (χ2n) is 6.03. The van der Waals surface area contributed by atoms with Gasteiger partial charge in [-0.25, -0.2) is 4.79 Å². The Morgan fingerprint density at radius 1 is 1.33 bits per heavy atom. The molecule has 0 aliphatic carbocycles. The van der Waals surface area contributed by atoms with Crippen LogP contribution in [0.4, 0.5) is 4.79 Å². The van der Waals surface area contributed by atoms with E-state index >= 15 is 0 Å². The van der Waals surface area contributed by atoms with Crippen molar-refractivity contribution in [2.45, 2.75) is 31.8 Å². The summed E-state index contributed by atoms with van der Waals surface area (Å²) in [5.41, 5.74) is 3.29. The molecular weight excluding hydrogens is 302 g/mol. The summed E-state index contributed by atoms with van der Waals surface area (Å²) in [5.74, 6) is 0. The maximum Gasteiger partial charge on any atom is 0.318 e. The minimum absolute atomic E-state index is 0.0583. The predicted molar refractivity (Wildman–Crippen MR) is 92.5 cm³/mol. The third-order valence-corrected chi connectivity index (χ3v) is 4.66. The van der Waals surface area contributed by atoms with Gasteiger partial charge in [0.05, 0.1) is 18.7 Å². The number of nitrogens with one attached hydrogen (secondary N) is 1. The highest BCUT2D eigenvalue weighted by molar-refractivity contribution is 5.76. The summed E-state index contributed by atoms with van der Waals surface area (Å²) in [6, 6.07) is 11.4. The van der Waals surface area contributed by atoms with Gasteiger partial charge in [0.15, 0.2) is 0 Å². The van der Waals surface area contributed by atoms with E-state index in [0.717, 1.165) is 24.0 Å². The molecule has 1 aliphatic rings. The lowest BCUT2D eigenvalue weighted by Crippen LogP contribution is -2.47. The van der Waals surface area contributed by atoms with Crippen molar-refractivity contribution in [3.05, 3.63) is 65.5 Å². The van der Waals surface area contributed by atoms with Crippen LogP contribution >= 0.6 is 0 Å². The number of carbonyl (C=O) groups excluding carboxylic acids is 1. The number of nitrogens with zero attached hydrogens (tertiary/aromatic N) is 2. The standard InChI is InChI=1S/C19H23N3O2/c1-2-17(15-7-10-20-11-8-15)21-19(24)22-12-9-14-5-3-4-6-16(14)18(22)13-23/h3-8,10-11,17-18,23H,2,9,12-13H2,1H3,(H,21,24). The number of carbonyl (C=O) groups is 1. The molecule has 0 saturated heterocycles. The van der Waals surface area contributed by atoms with Gasteiger partial charge < -0.3 is 15.3 Å². The Morgan fingerprint density at radius 3 is 2.79 bits per heavy atom. The zero-order valence-corrected chi connectivity index (χ0v) is 13.9. The highest BCUT2D eigenvalue weighted by atomic mass is 16.3. The van der Waals surface area contributed by atoms with Crippen LogP contribution < -0.4 is 5.32 Å². The van der Waals surface area contributed by atoms with Crippen LogP contribution in [-0.4, -0.2) is 34.2 Å². The second kappa shape index (κ2) is 7.45. The molecule has 3 rings (SSSR count). The Bertz CT molecular complexity index is 690. The summed E-state index contributed by atoms with van der Waals surface area (Å²) < 4.78 is 0. The average Bonchev–Trinajstić information content (AvgIpc) is 2.65. The van der Waals surface area contributed by atoms with E-state index in [1.165, 1.54) is 5.56 Å². The van der Waals surface area contributed by atoms with Crippen LogP contribution in [0.5, 0.6) is 0 Å². The molecular formula is C19H23N3O2. The Balaban J connectivity index is 1.77. The molecule has 2 N–H and O–H groups in total. The Hall–Kier alpha value is -2.40. The Labute approximate surface area is 142 Å². The summed E-state index contributed by atoms with van der Waals surface area (Å²) in [6.07, 6.45) is 5.08. The highest BCUT2D eigenvalue weighted by Crippen LogP contribution is 2.29. The van der Waals surface area contributed by atoms with Gasteiger partial charge in [0.1, 0.15) is 0 Å². The summed E-state index contributed by atoms with van der Waals surface area (Å²) in [7, 11) is 0. The molecule has 0 bridgehead atoms. The van der Waals surface area contributed by atoms with E-state index in [2.05, 4.69) is 16.4 Å². The van der Waals surface area contributed by atoms with Crippen molar-refractivity contribution in [1.29, 1.82) is 0 Å². The average molecular weight is 325 g/mol. The molecule has 126 valence electrons. The normalized spacial score (nSPS) is 17.9. The molecule has 2 atom stereocenters. The minimum Gasteiger partial charge on any atom is -0.394 e. The molecule has 2 heterocycles. The maximum atomic E-state index is 12.8. The van der Waals surface area contributed by atoms with Crippen molar-refractivity contribution in [3.8, 4) is 0 Å². The topological polar surface area (TPSA) is 65.5 Å². The number of rotatable bonds is 4. The van der Waals surface area contributed by atoms with Gasteiger partial charge in [0.2, 0.25) is 0 Å². The van der Waals surface area contributed by atoms with Crippen molar-refractivity contribution in [2.24, 2.45) is 0 Å². The van der Waals surface area contributed by atoms with Gasteiger partial charge in [-0.2, -0.15) is 0 Å². The molecule has 2 unspecified atom stereocenters. The van der Waals surface area contributed by atoms with Gasteiger partial charge in [0.25, 0.3) is 0 Å². The molecule has 2 aromatic rings. The highest BCUT2D eigenvalue weighted by Gasteiger charge is 2.31. The molecule has 0 fully saturated rings. The largest absolute Gasteiger partial charge is 0.394 e. The van der Waals surface area contributed by atoms with Gasteiger partial charge in [-0.05, 0) is 41.7 Å². The fourth-order valence-electron chi connectivity index (χ4n) is 3.34. The number of urea groups is 1. The van der Waals surface area contributed by atoms with E-state index in [1.54, 1.807) is 17.3 Å². The van der Waals surface area contributed by atoms with Crippen molar-refractivity contribution < 1.29 is 9.90 Å². The van der Waals surface area contributed by atoms with E-state index in [0.29, 0.717) is 6.54 Å². The molecule has 5 heteroatoms. The number of aliphatic hydroxyl groups is 1. The number of pyridine rings is 1. The summed E-state index contributed by atoms with van der Waals surface area (Å²) in [4.78, 5) is 18.6. The minimum atomic E-state index is -0.287. The van der Waals surface area contributed by atoms with Crippen LogP contribution in [0.3, 0.4) is 0 Å². The van der Waals surface area contributed by atoms with Gasteiger partial charge in [0, 0.05) is 18.9 Å². The molecule has 2 amide bonds. The first-order chi connectivity index (χ1) is 11.7. The second-order valence-corrected chi connectivity index (χ2v) is 6.03. The number of benzene rings is 1. The third-order valence-electron chi connectivity index (χ3n) is 4.66. The maximum absolute atomic E-state index is 12.8. The lowest BCUT2D eigenvalue weighted by Gasteiger charge is -2.37. The van der Waals surface area contributed by atoms with E-state index in [9.17, 15) is 9.90 Å². The number of aromatic nitrogens is 1. The van der Waals surface area contributed by atoms with Crippen LogP contribution in [0.1, 0.15) is 42.1 Å². The SMILES string of the molecule is CCC(NC(=O)N1CCc2ccccc2C1CO)c1ccncc1. The van der Waals surface area contributed by atoms with Crippen molar-refractivity contribution in [3.63, 3.8) is 0 Å². The first-order valence-electron chi connectivity index (χ1n) is 8.40. The number of fused-ring (bicyclic) bond motifs is 1. The van der Waals surface area contributed by atoms with E-state index in [4.69, 9.17) is 0 Å². The van der Waals surface area contributed by atoms with Crippen LogP contribution in [0.25, 0.3) is 0 Å². The molecule has 5 nitrogen and oxygen atoms in total. The van der Waals surface area contributed by atoms with E-state index in [-0.39, 0.29) is 24.7 Å². The monoisotopic (exact) mass is 325 g/mol. The first kappa shape index (κ1) is 16.5. The van der Waals surface area contributed by atoms with Crippen LogP contribution in [-0.2, 0) is 6.42 Å². The predicted octanol–water partition coefficient (Wildman–Crippen LogP) is 2.83. The van der Waals surface area contributed by atoms with Crippen molar-refractivity contribution in [1.82, 2.24) is 15.2 Å². The van der Waals surface area contributed by atoms with Crippen LogP contribution in [0.2, 0.25) is 0 Å². The number of aliphatic hydroxyl groups excluding tert-OH is 1. The van der Waals surface area contributed by atoms with E-state index in [1.807, 2.05) is 37.3 Å². The molecule has 24 heavy (non-hydrogen) atoms. The molecule has 0 saturated carbocycles. The number of amides is 2. The fraction of sp³-hybridized carbons (Fsp3) is 0.368. The van der Waals surface area contributed by atoms with Crippen molar-refractivity contribution in [2.75, 3.05) is 13.2 Å². The molecule has 1 aliphatic heterocycles. The zero-order valence-electron chi connectivity index (χ0n) is 13.9. The molecule has 0 radical (unpaired) electrons. The van der Waals surface area contributed by atoms with Gasteiger partial charge in [-0.3, -0.25) is 4.98 Å². The fourth-order valence-corrected chi connectivity index (χ4v) is 3.34. The summed E-state index contributed by atoms with van der Waals surface area (Å²) in [6.45, 7) is 2.58. The van der Waals surface area contributed by atoms with Crippen molar-refractivity contribution >= 4 is 6.03 Å². The lowest BCUT2D eigenvalue weighted by molar-refractivity contribution is 0.124. The summed E-state index contributed by atoms with van der Waals surface area (Å²) >= 11 is 0. The van der Waals surface area contributed by atoms with Gasteiger partial charge >= 0.3 is 6.03 Å². The first-order valence-corrected chi connectivity index (χ1v) is 8.40. The quantitative estimate of drug-likeness (QED) is 0.908. The Morgan fingerprint density at radius 2 is 2.08 bits per heavy atom. The van der Waals surface area contributed by atoms with Gasteiger partial charge in [-0.15, -0.1) is 0 Å². The summed E-state index contributed by atoms with van der Waals surface area (Å²) in [5, 5.41) is 12.9. The molecule has 1 aromatic carbocycles. The smallest absolute Gasteiger partial charge is 0.318 e. The third kappa shape index (κ3) is 3.26. The Kier molecular flexibility index (Phi) is 5.11. The number of hydrogen-bond acceptors (Lipinski definition) is 3. The van der Waals surface area contributed by atoms with E-state index < -0.39 is 0 Å².